The molecule has 1 N–H and O–H groups in total. The van der Waals surface area contributed by atoms with Crippen LogP contribution in [0.15, 0.2) is 42.1 Å². The Morgan fingerprint density at radius 1 is 1.75 bits per heavy atom. The van der Waals surface area contributed by atoms with E-state index in [2.05, 4.69) is 23.5 Å². The summed E-state index contributed by atoms with van der Waals surface area (Å²) in [4.78, 5) is 14.8. The first-order valence-electron chi connectivity index (χ1n) is 3.56. The molecule has 1 amide bonds. The fourth-order valence-corrected chi connectivity index (χ4v) is 0.782. The molecule has 3 heteroatoms. The number of nitrogens with zero attached hydrogens (tertiary/aromatic N) is 1. The molecule has 0 radical (unpaired) electrons. The minimum absolute atomic E-state index is 0.113. The normalized spacial score (nSPS) is 16.0. The lowest BCUT2D eigenvalue weighted by atomic mass is 10.2. The van der Waals surface area contributed by atoms with E-state index in [4.69, 9.17) is 0 Å². The molecular weight excluding hydrogens is 152 g/mol. The summed E-state index contributed by atoms with van der Waals surface area (Å²) in [6, 6.07) is 0. The van der Waals surface area contributed by atoms with Crippen LogP contribution in [0.5, 0.6) is 0 Å². The van der Waals surface area contributed by atoms with Crippen LogP contribution in [0, 0.1) is 0 Å². The predicted molar refractivity (Wildman–Crippen MR) is 48.9 cm³/mol. The van der Waals surface area contributed by atoms with Gasteiger partial charge in [-0.2, -0.15) is 0 Å². The molecule has 62 valence electrons. The van der Waals surface area contributed by atoms with E-state index in [0.29, 0.717) is 5.71 Å². The highest BCUT2D eigenvalue weighted by Gasteiger charge is 2.03. The number of nitrogens with one attached hydrogen (secondary N) is 1. The van der Waals surface area contributed by atoms with Crippen LogP contribution in [-0.2, 0) is 4.79 Å². The highest BCUT2D eigenvalue weighted by molar-refractivity contribution is 6.11. The van der Waals surface area contributed by atoms with Crippen molar-refractivity contribution in [3.63, 3.8) is 0 Å². The number of rotatable bonds is 2. The van der Waals surface area contributed by atoms with E-state index in [1.807, 2.05) is 0 Å². The van der Waals surface area contributed by atoms with Crippen molar-refractivity contribution in [2.75, 3.05) is 6.54 Å². The van der Waals surface area contributed by atoms with Gasteiger partial charge >= 0.3 is 0 Å². The van der Waals surface area contributed by atoms with Gasteiger partial charge < -0.3 is 5.32 Å². The molecule has 0 saturated carbocycles. The Balaban J connectivity index is 2.83. The molecule has 1 aliphatic heterocycles. The van der Waals surface area contributed by atoms with Gasteiger partial charge in [0.25, 0.3) is 0 Å². The lowest BCUT2D eigenvalue weighted by Gasteiger charge is -1.95. The van der Waals surface area contributed by atoms with E-state index in [9.17, 15) is 4.79 Å². The molecule has 1 heterocycles. The van der Waals surface area contributed by atoms with Crippen molar-refractivity contribution in [3.05, 3.63) is 37.1 Å². The first-order valence-corrected chi connectivity index (χ1v) is 3.56. The molecule has 0 unspecified atom stereocenters. The van der Waals surface area contributed by atoms with Gasteiger partial charge in [-0.05, 0) is 11.6 Å². The maximum absolute atomic E-state index is 10.8. The molecule has 0 aromatic rings. The van der Waals surface area contributed by atoms with Crippen LogP contribution < -0.4 is 5.32 Å². The van der Waals surface area contributed by atoms with Crippen molar-refractivity contribution in [3.8, 4) is 0 Å². The Bertz CT molecular complexity index is 287. The molecule has 0 bridgehead atoms. The molecule has 1 aliphatic rings. The fraction of sp³-hybridized carbons (Fsp3) is 0.111. The summed E-state index contributed by atoms with van der Waals surface area (Å²) >= 11 is 0. The van der Waals surface area contributed by atoms with Gasteiger partial charge in [0.05, 0.1) is 5.71 Å². The van der Waals surface area contributed by atoms with Crippen molar-refractivity contribution in [2.45, 2.75) is 0 Å². The number of carbonyl (C=O) groups excluding carboxylic acids is 1. The second kappa shape index (κ2) is 3.67. The molecule has 12 heavy (non-hydrogen) atoms. The van der Waals surface area contributed by atoms with Gasteiger partial charge in [-0.25, -0.2) is 0 Å². The molecule has 0 aromatic heterocycles. The average Bonchev–Trinajstić information content (AvgIpc) is 2.29. The topological polar surface area (TPSA) is 41.5 Å². The smallest absolute Gasteiger partial charge is 0.245 e. The van der Waals surface area contributed by atoms with Crippen LogP contribution in [0.3, 0.4) is 0 Å². The predicted octanol–water partition coefficient (Wildman–Crippen LogP) is 0.813. The average molecular weight is 162 g/mol. The van der Waals surface area contributed by atoms with Crippen molar-refractivity contribution < 1.29 is 4.79 Å². The highest BCUT2D eigenvalue weighted by Crippen LogP contribution is 1.99. The van der Waals surface area contributed by atoms with E-state index < -0.39 is 0 Å². The molecule has 0 spiro atoms. The van der Waals surface area contributed by atoms with Gasteiger partial charge in [0.15, 0.2) is 0 Å². The summed E-state index contributed by atoms with van der Waals surface area (Å²) in [5, 5.41) is 2.54. The summed E-state index contributed by atoms with van der Waals surface area (Å²) in [6.45, 7) is 7.44. The van der Waals surface area contributed by atoms with Crippen LogP contribution in [-0.4, -0.2) is 18.2 Å². The van der Waals surface area contributed by atoms with Gasteiger partial charge in [-0.1, -0.05) is 19.2 Å². The van der Waals surface area contributed by atoms with Crippen LogP contribution >= 0.6 is 0 Å². The minimum Gasteiger partial charge on any atom is -0.331 e. The van der Waals surface area contributed by atoms with Crippen LogP contribution in [0.2, 0.25) is 0 Å². The zero-order chi connectivity index (χ0) is 8.97. The van der Waals surface area contributed by atoms with E-state index in [0.717, 1.165) is 5.57 Å². The number of allylic oxidation sites excluding steroid dienone is 3. The third-order valence-corrected chi connectivity index (χ3v) is 1.45. The monoisotopic (exact) mass is 162 g/mol. The van der Waals surface area contributed by atoms with Gasteiger partial charge in [-0.15, -0.1) is 0 Å². The number of hydrogen-bond acceptors (Lipinski definition) is 2. The molecule has 0 aliphatic carbocycles. The van der Waals surface area contributed by atoms with Crippen molar-refractivity contribution >= 4 is 11.6 Å². The van der Waals surface area contributed by atoms with Crippen LogP contribution in [0.25, 0.3) is 0 Å². The SMILES string of the molecule is C=CC(=C)C1=NCC(=O)NC=C1. The molecule has 1 rings (SSSR count). The third kappa shape index (κ3) is 1.92. The quantitative estimate of drug-likeness (QED) is 0.600. The lowest BCUT2D eigenvalue weighted by molar-refractivity contribution is -0.118. The zero-order valence-corrected chi connectivity index (χ0v) is 6.71. The number of amides is 1. The summed E-state index contributed by atoms with van der Waals surface area (Å²) < 4.78 is 0. The summed E-state index contributed by atoms with van der Waals surface area (Å²) in [7, 11) is 0. The van der Waals surface area contributed by atoms with Gasteiger partial charge in [0.1, 0.15) is 6.54 Å². The van der Waals surface area contributed by atoms with Gasteiger partial charge in [-0.3, -0.25) is 9.79 Å². The Kier molecular flexibility index (Phi) is 2.58. The molecule has 0 saturated heterocycles. The fourth-order valence-electron chi connectivity index (χ4n) is 0.782. The third-order valence-electron chi connectivity index (χ3n) is 1.45. The van der Waals surface area contributed by atoms with Gasteiger partial charge in [0, 0.05) is 6.20 Å². The summed E-state index contributed by atoms with van der Waals surface area (Å²) in [5.41, 5.74) is 1.42. The first kappa shape index (κ1) is 8.46. The Hall–Kier alpha value is -1.64. The van der Waals surface area contributed by atoms with E-state index in [-0.39, 0.29) is 12.5 Å². The zero-order valence-electron chi connectivity index (χ0n) is 6.71. The molecule has 0 fully saturated rings. The van der Waals surface area contributed by atoms with Gasteiger partial charge in [0.2, 0.25) is 5.91 Å². The second-order valence-corrected chi connectivity index (χ2v) is 2.33. The minimum atomic E-state index is -0.113. The largest absolute Gasteiger partial charge is 0.331 e. The maximum atomic E-state index is 10.8. The lowest BCUT2D eigenvalue weighted by Crippen LogP contribution is -2.18. The molecule has 0 aromatic carbocycles. The van der Waals surface area contributed by atoms with E-state index in [1.54, 1.807) is 18.4 Å². The van der Waals surface area contributed by atoms with Crippen molar-refractivity contribution in [2.24, 2.45) is 4.99 Å². The second-order valence-electron chi connectivity index (χ2n) is 2.33. The number of hydrogen-bond donors (Lipinski definition) is 1. The molecular formula is C9H10N2O. The Labute approximate surface area is 71.2 Å². The van der Waals surface area contributed by atoms with Crippen LogP contribution in [0.1, 0.15) is 0 Å². The Morgan fingerprint density at radius 3 is 3.17 bits per heavy atom. The molecule has 0 atom stereocenters. The summed E-state index contributed by atoms with van der Waals surface area (Å²) in [5.74, 6) is -0.113. The summed E-state index contributed by atoms with van der Waals surface area (Å²) in [6.07, 6.45) is 4.87. The molecule has 3 nitrogen and oxygen atoms in total. The number of carbonyl (C=O) groups is 1. The van der Waals surface area contributed by atoms with Crippen molar-refractivity contribution in [1.82, 2.24) is 5.32 Å². The number of aliphatic imine (C=N–C) groups is 1. The Morgan fingerprint density at radius 2 is 2.50 bits per heavy atom. The first-order chi connectivity index (χ1) is 5.74. The van der Waals surface area contributed by atoms with Crippen molar-refractivity contribution in [1.29, 1.82) is 0 Å². The maximum Gasteiger partial charge on any atom is 0.245 e. The standard InChI is InChI=1S/C9H10N2O/c1-3-7(2)8-4-5-10-9(12)6-11-8/h3-5H,1-2,6H2,(H,10,12). The van der Waals surface area contributed by atoms with E-state index in [1.165, 1.54) is 0 Å². The van der Waals surface area contributed by atoms with E-state index >= 15 is 0 Å². The highest BCUT2D eigenvalue weighted by atomic mass is 16.1. The van der Waals surface area contributed by atoms with Crippen LogP contribution in [0.4, 0.5) is 0 Å².